The second kappa shape index (κ2) is 12.7. The lowest BCUT2D eigenvalue weighted by Gasteiger charge is -2.06. The number of hydrogen-bond acceptors (Lipinski definition) is 3. The molecular weight excluding hydrogens is 276 g/mol. The van der Waals surface area contributed by atoms with Crippen molar-refractivity contribution in [3.05, 3.63) is 48.5 Å². The van der Waals surface area contributed by atoms with Crippen LogP contribution in [-0.4, -0.2) is 23.4 Å². The van der Waals surface area contributed by atoms with Crippen LogP contribution in [0.25, 0.3) is 11.1 Å². The van der Waals surface area contributed by atoms with E-state index in [1.807, 2.05) is 64.1 Å². The van der Waals surface area contributed by atoms with E-state index in [0.29, 0.717) is 13.0 Å². The standard InChI is InChI=1S/C15H16O3.2C2H6/c16-10-1-11-18-15-8-4-13(5-9-15)12-2-6-14(17)7-3-12;2*1-2/h2-9,16-17H,1,10-11H2;2*1-2H3. The van der Waals surface area contributed by atoms with Crippen molar-refractivity contribution in [2.45, 2.75) is 34.1 Å². The Bertz CT molecular complexity index is 475. The number of phenolic OH excluding ortho intramolecular Hbond substituents is 1. The van der Waals surface area contributed by atoms with Crippen LogP contribution in [0.1, 0.15) is 34.1 Å². The maximum absolute atomic E-state index is 9.23. The molecule has 0 radical (unpaired) electrons. The Morgan fingerprint density at radius 2 is 1.23 bits per heavy atom. The predicted octanol–water partition coefficient (Wildman–Crippen LogP) is 4.87. The van der Waals surface area contributed by atoms with E-state index in [4.69, 9.17) is 9.84 Å². The Balaban J connectivity index is 0.00000102. The van der Waals surface area contributed by atoms with Crippen LogP contribution in [0.15, 0.2) is 48.5 Å². The van der Waals surface area contributed by atoms with Gasteiger partial charge < -0.3 is 14.9 Å². The summed E-state index contributed by atoms with van der Waals surface area (Å²) in [6, 6.07) is 14.8. The van der Waals surface area contributed by atoms with Gasteiger partial charge in [-0.05, 0) is 35.4 Å². The van der Waals surface area contributed by atoms with E-state index >= 15 is 0 Å². The van der Waals surface area contributed by atoms with Crippen LogP contribution < -0.4 is 4.74 Å². The van der Waals surface area contributed by atoms with Crippen LogP contribution in [0, 0.1) is 0 Å². The Labute approximate surface area is 134 Å². The third kappa shape index (κ3) is 7.14. The molecule has 122 valence electrons. The number of phenols is 1. The van der Waals surface area contributed by atoms with Gasteiger partial charge in [0.05, 0.1) is 6.61 Å². The zero-order valence-electron chi connectivity index (χ0n) is 14.0. The summed E-state index contributed by atoms with van der Waals surface area (Å²) >= 11 is 0. The van der Waals surface area contributed by atoms with Gasteiger partial charge in [-0.3, -0.25) is 0 Å². The highest BCUT2D eigenvalue weighted by Gasteiger charge is 1.99. The smallest absolute Gasteiger partial charge is 0.119 e. The van der Waals surface area contributed by atoms with Crippen LogP contribution in [0.3, 0.4) is 0 Å². The number of rotatable bonds is 5. The van der Waals surface area contributed by atoms with E-state index in [0.717, 1.165) is 16.9 Å². The average Bonchev–Trinajstić information content (AvgIpc) is 2.60. The van der Waals surface area contributed by atoms with Gasteiger partial charge in [0.2, 0.25) is 0 Å². The number of aliphatic hydroxyl groups excluding tert-OH is 1. The monoisotopic (exact) mass is 304 g/mol. The normalized spacial score (nSPS) is 8.95. The van der Waals surface area contributed by atoms with Crippen LogP contribution in [0.2, 0.25) is 0 Å². The molecule has 2 N–H and O–H groups in total. The van der Waals surface area contributed by atoms with Gasteiger partial charge in [0.1, 0.15) is 11.5 Å². The Morgan fingerprint density at radius 3 is 1.68 bits per heavy atom. The summed E-state index contributed by atoms with van der Waals surface area (Å²) in [6.45, 7) is 8.67. The first-order chi connectivity index (χ1) is 10.8. The molecule has 0 saturated heterocycles. The van der Waals surface area contributed by atoms with Gasteiger partial charge in [-0.25, -0.2) is 0 Å². The van der Waals surface area contributed by atoms with Crippen molar-refractivity contribution < 1.29 is 14.9 Å². The number of hydrogen-bond donors (Lipinski definition) is 2. The largest absolute Gasteiger partial charge is 0.508 e. The Morgan fingerprint density at radius 1 is 0.773 bits per heavy atom. The van der Waals surface area contributed by atoms with Gasteiger partial charge in [-0.15, -0.1) is 0 Å². The molecule has 2 aromatic carbocycles. The van der Waals surface area contributed by atoms with E-state index in [2.05, 4.69) is 0 Å². The topological polar surface area (TPSA) is 49.7 Å². The highest BCUT2D eigenvalue weighted by atomic mass is 16.5. The first-order valence-corrected chi connectivity index (χ1v) is 7.93. The Kier molecular flexibility index (Phi) is 11.6. The van der Waals surface area contributed by atoms with E-state index in [-0.39, 0.29) is 12.4 Å². The van der Waals surface area contributed by atoms with Gasteiger partial charge in [-0.2, -0.15) is 0 Å². The third-order valence-corrected chi connectivity index (χ3v) is 2.63. The van der Waals surface area contributed by atoms with E-state index in [1.54, 1.807) is 12.1 Å². The molecule has 0 aliphatic heterocycles. The van der Waals surface area contributed by atoms with Crippen molar-refractivity contribution >= 4 is 0 Å². The SMILES string of the molecule is CC.CC.OCCCOc1ccc(-c2ccc(O)cc2)cc1. The quantitative estimate of drug-likeness (QED) is 0.775. The summed E-state index contributed by atoms with van der Waals surface area (Å²) in [6.07, 6.45) is 0.639. The van der Waals surface area contributed by atoms with Crippen molar-refractivity contribution in [2.75, 3.05) is 13.2 Å². The summed E-state index contributed by atoms with van der Waals surface area (Å²) in [4.78, 5) is 0. The predicted molar refractivity (Wildman–Crippen MR) is 93.4 cm³/mol. The Hall–Kier alpha value is -2.00. The summed E-state index contributed by atoms with van der Waals surface area (Å²) in [7, 11) is 0. The molecule has 0 aliphatic carbocycles. The van der Waals surface area contributed by atoms with Crippen molar-refractivity contribution in [2.24, 2.45) is 0 Å². The minimum atomic E-state index is 0.144. The first kappa shape index (κ1) is 20.0. The molecule has 0 saturated carbocycles. The fourth-order valence-electron chi connectivity index (χ4n) is 1.65. The highest BCUT2D eigenvalue weighted by molar-refractivity contribution is 5.64. The maximum Gasteiger partial charge on any atom is 0.119 e. The molecule has 0 fully saturated rings. The number of ether oxygens (including phenoxy) is 1. The zero-order chi connectivity index (χ0) is 16.8. The maximum atomic E-state index is 9.23. The van der Waals surface area contributed by atoms with Gasteiger partial charge >= 0.3 is 0 Å². The lowest BCUT2D eigenvalue weighted by Crippen LogP contribution is -1.99. The van der Waals surface area contributed by atoms with Crippen LogP contribution in [0.5, 0.6) is 11.5 Å². The van der Waals surface area contributed by atoms with E-state index in [1.165, 1.54) is 0 Å². The molecule has 0 atom stereocenters. The summed E-state index contributed by atoms with van der Waals surface area (Å²) in [5.41, 5.74) is 2.12. The molecule has 2 rings (SSSR count). The molecule has 22 heavy (non-hydrogen) atoms. The molecule has 0 unspecified atom stereocenters. The summed E-state index contributed by atoms with van der Waals surface area (Å²) in [5.74, 6) is 1.06. The zero-order valence-corrected chi connectivity index (χ0v) is 14.0. The molecule has 0 amide bonds. The van der Waals surface area contributed by atoms with Crippen LogP contribution >= 0.6 is 0 Å². The minimum Gasteiger partial charge on any atom is -0.508 e. The van der Waals surface area contributed by atoms with Crippen molar-refractivity contribution in [1.29, 1.82) is 0 Å². The van der Waals surface area contributed by atoms with Gasteiger partial charge in [0.15, 0.2) is 0 Å². The second-order valence-electron chi connectivity index (χ2n) is 4.00. The fraction of sp³-hybridized carbons (Fsp3) is 0.368. The molecule has 3 heteroatoms. The molecule has 0 bridgehead atoms. The van der Waals surface area contributed by atoms with E-state index in [9.17, 15) is 5.11 Å². The number of aromatic hydroxyl groups is 1. The minimum absolute atomic E-state index is 0.144. The average molecular weight is 304 g/mol. The van der Waals surface area contributed by atoms with Gasteiger partial charge in [0.25, 0.3) is 0 Å². The van der Waals surface area contributed by atoms with Gasteiger partial charge in [0, 0.05) is 13.0 Å². The molecular formula is C19H28O3. The van der Waals surface area contributed by atoms with Crippen molar-refractivity contribution in [3.63, 3.8) is 0 Å². The summed E-state index contributed by atoms with van der Waals surface area (Å²) in [5, 5.41) is 17.9. The number of aliphatic hydroxyl groups is 1. The summed E-state index contributed by atoms with van der Waals surface area (Å²) < 4.78 is 5.46. The highest BCUT2D eigenvalue weighted by Crippen LogP contribution is 2.24. The lowest BCUT2D eigenvalue weighted by molar-refractivity contribution is 0.233. The van der Waals surface area contributed by atoms with Crippen molar-refractivity contribution in [1.82, 2.24) is 0 Å². The molecule has 0 aromatic heterocycles. The van der Waals surface area contributed by atoms with Crippen LogP contribution in [0.4, 0.5) is 0 Å². The van der Waals surface area contributed by atoms with Crippen LogP contribution in [-0.2, 0) is 0 Å². The van der Waals surface area contributed by atoms with Crippen molar-refractivity contribution in [3.8, 4) is 22.6 Å². The van der Waals surface area contributed by atoms with Gasteiger partial charge in [-0.1, -0.05) is 52.0 Å². The third-order valence-electron chi connectivity index (χ3n) is 2.63. The lowest BCUT2D eigenvalue weighted by atomic mass is 10.1. The molecule has 0 aliphatic rings. The molecule has 0 spiro atoms. The first-order valence-electron chi connectivity index (χ1n) is 7.93. The second-order valence-corrected chi connectivity index (χ2v) is 4.00. The molecule has 2 aromatic rings. The van der Waals surface area contributed by atoms with E-state index < -0.39 is 0 Å². The fourth-order valence-corrected chi connectivity index (χ4v) is 1.65. The molecule has 3 nitrogen and oxygen atoms in total. The molecule has 0 heterocycles. The number of benzene rings is 2.